The number of ether oxygens (including phenoxy) is 1. The van der Waals surface area contributed by atoms with Crippen molar-refractivity contribution in [1.29, 1.82) is 0 Å². The van der Waals surface area contributed by atoms with E-state index in [4.69, 9.17) is 14.7 Å². The zero-order chi connectivity index (χ0) is 38.1. The van der Waals surface area contributed by atoms with Crippen LogP contribution in [-0.2, 0) is 10.8 Å². The number of fused-ring (bicyclic) bond motifs is 9. The molecule has 0 atom stereocenters. The van der Waals surface area contributed by atoms with E-state index < -0.39 is 5.41 Å². The number of benzene rings is 8. The Labute approximate surface area is 333 Å². The van der Waals surface area contributed by atoms with Gasteiger partial charge in [-0.15, -0.1) is 0 Å². The third kappa shape index (κ3) is 5.12. The van der Waals surface area contributed by atoms with Crippen LogP contribution in [0.15, 0.2) is 194 Å². The van der Waals surface area contributed by atoms with Crippen LogP contribution in [0.1, 0.15) is 47.2 Å². The molecule has 9 aromatic rings. The van der Waals surface area contributed by atoms with Crippen molar-refractivity contribution in [2.24, 2.45) is 0 Å². The molecule has 3 heteroatoms. The summed E-state index contributed by atoms with van der Waals surface area (Å²) in [6.45, 7) is 4.72. The Bertz CT molecular complexity index is 2970. The molecule has 1 aliphatic carbocycles. The van der Waals surface area contributed by atoms with E-state index in [-0.39, 0.29) is 5.41 Å². The smallest absolute Gasteiger partial charge is 0.160 e. The summed E-state index contributed by atoms with van der Waals surface area (Å²) in [6.07, 6.45) is 0. The standard InChI is InChI=1S/C54H38N2O/c1-53(2)42-18-8-9-19-44(42)54(45-20-10-12-22-50(45)57-51-23-13-11-21-46(51)54)47-33-40(30-31-43(47)53)36-24-27-37(28-25-36)48-34-49(56-52(55-48)38-15-4-3-5-16-38)41-29-26-35-14-6-7-17-39(35)32-41/h3-34H,1-2H3. The average Bonchev–Trinajstić information content (AvgIpc) is 3.28. The van der Waals surface area contributed by atoms with Crippen molar-refractivity contribution >= 4 is 10.8 Å². The zero-order valence-electron chi connectivity index (χ0n) is 31.8. The summed E-state index contributed by atoms with van der Waals surface area (Å²) in [5.41, 5.74) is 14.0. The molecule has 57 heavy (non-hydrogen) atoms. The Morgan fingerprint density at radius 1 is 0.351 bits per heavy atom. The summed E-state index contributed by atoms with van der Waals surface area (Å²) in [6, 6.07) is 69.5. The van der Waals surface area contributed by atoms with Crippen LogP contribution in [-0.4, -0.2) is 9.97 Å². The van der Waals surface area contributed by atoms with Gasteiger partial charge < -0.3 is 4.74 Å². The first-order chi connectivity index (χ1) is 28.0. The molecule has 0 bridgehead atoms. The highest BCUT2D eigenvalue weighted by atomic mass is 16.5. The Hall–Kier alpha value is -7.10. The average molecular weight is 731 g/mol. The van der Waals surface area contributed by atoms with Gasteiger partial charge in [-0.25, -0.2) is 9.97 Å². The third-order valence-corrected chi connectivity index (χ3v) is 12.2. The molecule has 0 saturated heterocycles. The predicted octanol–water partition coefficient (Wildman–Crippen LogP) is 13.4. The minimum absolute atomic E-state index is 0.214. The molecule has 0 radical (unpaired) electrons. The maximum Gasteiger partial charge on any atom is 0.160 e. The molecule has 3 nitrogen and oxygen atoms in total. The van der Waals surface area contributed by atoms with Gasteiger partial charge >= 0.3 is 0 Å². The van der Waals surface area contributed by atoms with Gasteiger partial charge in [0.1, 0.15) is 11.5 Å². The first-order valence-corrected chi connectivity index (χ1v) is 19.6. The predicted molar refractivity (Wildman–Crippen MR) is 232 cm³/mol. The van der Waals surface area contributed by atoms with Gasteiger partial charge in [0, 0.05) is 33.2 Å². The molecule has 2 aliphatic rings. The zero-order valence-corrected chi connectivity index (χ0v) is 31.8. The van der Waals surface area contributed by atoms with Gasteiger partial charge in [0.25, 0.3) is 0 Å². The number of aromatic nitrogens is 2. The fraction of sp³-hybridized carbons (Fsp3) is 0.0741. The molecule has 0 saturated carbocycles. The van der Waals surface area contributed by atoms with Crippen molar-refractivity contribution in [2.75, 3.05) is 0 Å². The Morgan fingerprint density at radius 3 is 1.60 bits per heavy atom. The van der Waals surface area contributed by atoms with E-state index in [0.29, 0.717) is 5.82 Å². The molecule has 1 aliphatic heterocycles. The highest BCUT2D eigenvalue weighted by Crippen LogP contribution is 2.61. The number of nitrogens with zero attached hydrogens (tertiary/aromatic N) is 2. The van der Waals surface area contributed by atoms with Gasteiger partial charge in [-0.3, -0.25) is 0 Å². The van der Waals surface area contributed by atoms with Crippen molar-refractivity contribution in [3.05, 3.63) is 228 Å². The van der Waals surface area contributed by atoms with Gasteiger partial charge in [-0.1, -0.05) is 178 Å². The summed E-state index contributed by atoms with van der Waals surface area (Å²) < 4.78 is 6.64. The summed E-state index contributed by atoms with van der Waals surface area (Å²) >= 11 is 0. The van der Waals surface area contributed by atoms with Crippen LogP contribution in [0.5, 0.6) is 11.5 Å². The molecular weight excluding hydrogens is 693 g/mol. The normalized spacial score (nSPS) is 14.2. The Kier molecular flexibility index (Phi) is 7.42. The van der Waals surface area contributed by atoms with E-state index in [9.17, 15) is 0 Å². The third-order valence-electron chi connectivity index (χ3n) is 12.2. The quantitative estimate of drug-likeness (QED) is 0.181. The van der Waals surface area contributed by atoms with Crippen LogP contribution < -0.4 is 4.74 Å². The van der Waals surface area contributed by atoms with Crippen LogP contribution >= 0.6 is 0 Å². The van der Waals surface area contributed by atoms with Crippen LogP contribution in [0.25, 0.3) is 55.8 Å². The van der Waals surface area contributed by atoms with Crippen LogP contribution in [0.2, 0.25) is 0 Å². The lowest BCUT2D eigenvalue weighted by Crippen LogP contribution is -2.43. The molecule has 8 aromatic carbocycles. The van der Waals surface area contributed by atoms with E-state index in [0.717, 1.165) is 45.1 Å². The second-order valence-corrected chi connectivity index (χ2v) is 15.7. The van der Waals surface area contributed by atoms with Crippen LogP contribution in [0.4, 0.5) is 0 Å². The molecule has 0 amide bonds. The lowest BCUT2D eigenvalue weighted by molar-refractivity contribution is 0.425. The maximum atomic E-state index is 6.64. The van der Waals surface area contributed by atoms with E-state index >= 15 is 0 Å². The van der Waals surface area contributed by atoms with Crippen molar-refractivity contribution in [2.45, 2.75) is 24.7 Å². The van der Waals surface area contributed by atoms with Crippen LogP contribution in [0.3, 0.4) is 0 Å². The molecule has 1 aromatic heterocycles. The number of para-hydroxylation sites is 2. The number of hydrogen-bond donors (Lipinski definition) is 0. The van der Waals surface area contributed by atoms with Gasteiger partial charge in [0.15, 0.2) is 5.82 Å². The molecule has 2 heterocycles. The number of rotatable bonds is 4. The molecule has 1 spiro atoms. The monoisotopic (exact) mass is 730 g/mol. The summed E-state index contributed by atoms with van der Waals surface area (Å²) in [7, 11) is 0. The van der Waals surface area contributed by atoms with E-state index in [1.165, 1.54) is 49.7 Å². The molecule has 11 rings (SSSR count). The van der Waals surface area contributed by atoms with Gasteiger partial charge in [-0.05, 0) is 74.5 Å². The van der Waals surface area contributed by atoms with Crippen LogP contribution in [0, 0.1) is 0 Å². The topological polar surface area (TPSA) is 35.0 Å². The highest BCUT2D eigenvalue weighted by Gasteiger charge is 2.52. The van der Waals surface area contributed by atoms with Gasteiger partial charge in [0.05, 0.1) is 16.8 Å². The molecule has 0 unspecified atom stereocenters. The fourth-order valence-electron chi connectivity index (χ4n) is 9.44. The van der Waals surface area contributed by atoms with E-state index in [1.54, 1.807) is 0 Å². The lowest BCUT2D eigenvalue weighted by Gasteiger charge is -2.50. The minimum Gasteiger partial charge on any atom is -0.457 e. The molecular formula is C54H38N2O. The largest absolute Gasteiger partial charge is 0.457 e. The molecule has 270 valence electrons. The fourth-order valence-corrected chi connectivity index (χ4v) is 9.44. The van der Waals surface area contributed by atoms with E-state index in [2.05, 4.69) is 190 Å². The maximum absolute atomic E-state index is 6.64. The molecule has 0 fully saturated rings. The van der Waals surface area contributed by atoms with Crippen molar-refractivity contribution in [3.63, 3.8) is 0 Å². The number of hydrogen-bond acceptors (Lipinski definition) is 3. The second-order valence-electron chi connectivity index (χ2n) is 15.7. The first-order valence-electron chi connectivity index (χ1n) is 19.6. The Morgan fingerprint density at radius 2 is 0.877 bits per heavy atom. The second kappa shape index (κ2) is 12.7. The lowest BCUT2D eigenvalue weighted by atomic mass is 9.53. The van der Waals surface area contributed by atoms with Gasteiger partial charge in [0.2, 0.25) is 0 Å². The minimum atomic E-state index is -0.559. The van der Waals surface area contributed by atoms with Gasteiger partial charge in [-0.2, -0.15) is 0 Å². The molecule has 0 N–H and O–H groups in total. The Balaban J connectivity index is 1.06. The summed E-state index contributed by atoms with van der Waals surface area (Å²) in [4.78, 5) is 10.2. The van der Waals surface area contributed by atoms with Crippen molar-refractivity contribution in [3.8, 4) is 56.5 Å². The van der Waals surface area contributed by atoms with E-state index in [1.807, 2.05) is 18.2 Å². The SMILES string of the molecule is CC1(C)c2ccccc2C2(c3ccccc3Oc3ccccc32)c2cc(-c3ccc(-c4cc(-c5ccc6ccccc6c5)nc(-c5ccccc5)n4)cc3)ccc21. The van der Waals surface area contributed by atoms with Crippen molar-refractivity contribution < 1.29 is 4.74 Å². The first kappa shape index (κ1) is 33.3. The summed E-state index contributed by atoms with van der Waals surface area (Å²) in [5.74, 6) is 2.50. The summed E-state index contributed by atoms with van der Waals surface area (Å²) in [5, 5.41) is 2.40. The highest BCUT2D eigenvalue weighted by molar-refractivity contribution is 5.87. The van der Waals surface area contributed by atoms with Crippen molar-refractivity contribution in [1.82, 2.24) is 9.97 Å².